The normalized spacial score (nSPS) is 11.3. The van der Waals surface area contributed by atoms with E-state index in [1.54, 1.807) is 6.20 Å². The molecule has 1 heterocycles. The van der Waals surface area contributed by atoms with Gasteiger partial charge >= 0.3 is 0 Å². The molecule has 1 aromatic heterocycles. The summed E-state index contributed by atoms with van der Waals surface area (Å²) in [5, 5.41) is 0.722. The zero-order chi connectivity index (χ0) is 18.0. The third kappa shape index (κ3) is 5.33. The van der Waals surface area contributed by atoms with E-state index in [1.807, 2.05) is 72.8 Å². The Morgan fingerprint density at radius 3 is 2.46 bits per heavy atom. The highest BCUT2D eigenvalue weighted by atomic mass is 35.5. The van der Waals surface area contributed by atoms with Gasteiger partial charge in [0.1, 0.15) is 12.4 Å². The summed E-state index contributed by atoms with van der Waals surface area (Å²) in [5.74, 6) is 0.845. The van der Waals surface area contributed by atoms with Crippen LogP contribution in [0.4, 0.5) is 0 Å². The van der Waals surface area contributed by atoms with Crippen LogP contribution in [-0.2, 0) is 6.61 Å². The van der Waals surface area contributed by atoms with E-state index in [2.05, 4.69) is 23.2 Å². The van der Waals surface area contributed by atoms with Crippen molar-refractivity contribution in [3.63, 3.8) is 0 Å². The quantitative estimate of drug-likeness (QED) is 0.483. The second-order valence-electron chi connectivity index (χ2n) is 5.71. The lowest BCUT2D eigenvalue weighted by atomic mass is 10.1. The summed E-state index contributed by atoms with van der Waals surface area (Å²) in [4.78, 5) is 4.27. The van der Waals surface area contributed by atoms with E-state index < -0.39 is 0 Å². The minimum Gasteiger partial charge on any atom is -0.488 e. The van der Waals surface area contributed by atoms with Crippen LogP contribution in [0.5, 0.6) is 5.75 Å². The lowest BCUT2D eigenvalue weighted by molar-refractivity contribution is 0.305. The Morgan fingerprint density at radius 1 is 0.846 bits per heavy atom. The molecule has 0 saturated carbocycles. The first kappa shape index (κ1) is 18.0. The Morgan fingerprint density at radius 2 is 1.62 bits per heavy atom. The first-order valence-electron chi connectivity index (χ1n) is 8.52. The molecule has 130 valence electrons. The van der Waals surface area contributed by atoms with Crippen LogP contribution in [0.1, 0.15) is 23.2 Å². The van der Waals surface area contributed by atoms with Crippen molar-refractivity contribution in [2.24, 2.45) is 0 Å². The molecule has 0 amide bonds. The van der Waals surface area contributed by atoms with Crippen molar-refractivity contribution in [2.45, 2.75) is 13.0 Å². The van der Waals surface area contributed by atoms with Crippen molar-refractivity contribution in [3.05, 3.63) is 107 Å². The maximum Gasteiger partial charge on any atom is 0.127 e. The lowest BCUT2D eigenvalue weighted by Gasteiger charge is -2.10. The summed E-state index contributed by atoms with van der Waals surface area (Å²) in [6.45, 7) is 0.449. The summed E-state index contributed by atoms with van der Waals surface area (Å²) >= 11 is 6.19. The van der Waals surface area contributed by atoms with Gasteiger partial charge in [-0.05, 0) is 36.8 Å². The number of allylic oxidation sites excluding steroid dienone is 2. The highest BCUT2D eigenvalue weighted by Crippen LogP contribution is 2.23. The van der Waals surface area contributed by atoms with Gasteiger partial charge in [-0.1, -0.05) is 72.3 Å². The smallest absolute Gasteiger partial charge is 0.127 e. The number of benzene rings is 2. The van der Waals surface area contributed by atoms with Crippen molar-refractivity contribution in [2.75, 3.05) is 0 Å². The average Bonchev–Trinajstić information content (AvgIpc) is 2.69. The number of pyridine rings is 1. The summed E-state index contributed by atoms with van der Waals surface area (Å²) in [6, 6.07) is 21.6. The van der Waals surface area contributed by atoms with Crippen molar-refractivity contribution >= 4 is 23.8 Å². The molecule has 0 spiro atoms. The predicted molar refractivity (Wildman–Crippen MR) is 109 cm³/mol. The number of hydrogen-bond acceptors (Lipinski definition) is 2. The van der Waals surface area contributed by atoms with Crippen LogP contribution in [0, 0.1) is 0 Å². The second kappa shape index (κ2) is 9.59. The third-order valence-corrected chi connectivity index (χ3v) is 4.17. The molecule has 0 bridgehead atoms. The van der Waals surface area contributed by atoms with Gasteiger partial charge in [0.05, 0.1) is 5.69 Å². The van der Waals surface area contributed by atoms with Crippen molar-refractivity contribution < 1.29 is 4.74 Å². The number of halogens is 1. The van der Waals surface area contributed by atoms with Crippen LogP contribution < -0.4 is 4.74 Å². The van der Waals surface area contributed by atoms with E-state index in [0.717, 1.165) is 34.0 Å². The Bertz CT molecular complexity index is 887. The molecule has 2 aromatic carbocycles. The number of ether oxygens (including phenoxy) is 1. The molecule has 0 atom stereocenters. The minimum atomic E-state index is 0.449. The molecule has 0 N–H and O–H groups in total. The molecule has 3 rings (SSSR count). The predicted octanol–water partition coefficient (Wildman–Crippen LogP) is 6.43. The zero-order valence-corrected chi connectivity index (χ0v) is 15.1. The van der Waals surface area contributed by atoms with Crippen molar-refractivity contribution in [1.82, 2.24) is 4.98 Å². The molecule has 2 nitrogen and oxygen atoms in total. The molecule has 0 unspecified atom stereocenters. The standard InChI is InChI=1S/C23H20ClNO/c24-22-15-6-4-12-20(22)18-26-23-16-7-5-11-19(23)10-2-1-3-13-21-14-8-9-17-25-21/h2-17H,1,18H2. The lowest BCUT2D eigenvalue weighted by Crippen LogP contribution is -1.97. The van der Waals surface area contributed by atoms with E-state index in [-0.39, 0.29) is 0 Å². The summed E-state index contributed by atoms with van der Waals surface area (Å²) in [7, 11) is 0. The number of nitrogens with zero attached hydrogens (tertiary/aromatic N) is 1. The minimum absolute atomic E-state index is 0.449. The molecule has 26 heavy (non-hydrogen) atoms. The maximum atomic E-state index is 6.19. The largest absolute Gasteiger partial charge is 0.488 e. The van der Waals surface area contributed by atoms with Crippen LogP contribution in [-0.4, -0.2) is 4.98 Å². The van der Waals surface area contributed by atoms with E-state index in [9.17, 15) is 0 Å². The highest BCUT2D eigenvalue weighted by molar-refractivity contribution is 6.31. The van der Waals surface area contributed by atoms with Gasteiger partial charge in [0.15, 0.2) is 0 Å². The molecular formula is C23H20ClNO. The highest BCUT2D eigenvalue weighted by Gasteiger charge is 2.03. The second-order valence-corrected chi connectivity index (χ2v) is 6.12. The zero-order valence-electron chi connectivity index (χ0n) is 14.4. The average molecular weight is 362 g/mol. The summed E-state index contributed by atoms with van der Waals surface area (Å²) in [5.41, 5.74) is 2.99. The number of para-hydroxylation sites is 1. The first-order chi connectivity index (χ1) is 12.8. The van der Waals surface area contributed by atoms with Gasteiger partial charge in [-0.3, -0.25) is 4.98 Å². The number of hydrogen-bond donors (Lipinski definition) is 0. The molecule has 0 saturated heterocycles. The molecule has 0 radical (unpaired) electrons. The van der Waals surface area contributed by atoms with Gasteiger partial charge in [0.2, 0.25) is 0 Å². The molecule has 3 aromatic rings. The fourth-order valence-electron chi connectivity index (χ4n) is 2.46. The van der Waals surface area contributed by atoms with Gasteiger partial charge in [-0.2, -0.15) is 0 Å². The van der Waals surface area contributed by atoms with E-state index in [4.69, 9.17) is 16.3 Å². The number of rotatable bonds is 7. The molecule has 0 aliphatic heterocycles. The molecule has 0 aliphatic carbocycles. The summed E-state index contributed by atoms with van der Waals surface area (Å²) in [6.07, 6.45) is 10.9. The SMILES string of the molecule is Clc1ccccc1COc1ccccc1C=CCC=Cc1ccccn1. The Balaban J connectivity index is 1.60. The Labute approximate surface area is 159 Å². The summed E-state index contributed by atoms with van der Waals surface area (Å²) < 4.78 is 5.97. The molecular weight excluding hydrogens is 342 g/mol. The monoisotopic (exact) mass is 361 g/mol. The molecule has 0 fully saturated rings. The fourth-order valence-corrected chi connectivity index (χ4v) is 2.65. The van der Waals surface area contributed by atoms with Crippen molar-refractivity contribution in [3.8, 4) is 5.75 Å². The molecule has 3 heteroatoms. The maximum absolute atomic E-state index is 6.19. The van der Waals surface area contributed by atoms with E-state index in [1.165, 1.54) is 0 Å². The van der Waals surface area contributed by atoms with E-state index >= 15 is 0 Å². The Hall–Kier alpha value is -2.84. The first-order valence-corrected chi connectivity index (χ1v) is 8.90. The van der Waals surface area contributed by atoms with Crippen LogP contribution >= 0.6 is 11.6 Å². The van der Waals surface area contributed by atoms with Crippen LogP contribution in [0.2, 0.25) is 5.02 Å². The van der Waals surface area contributed by atoms with Gasteiger partial charge < -0.3 is 4.74 Å². The van der Waals surface area contributed by atoms with Gasteiger partial charge in [0.25, 0.3) is 0 Å². The van der Waals surface area contributed by atoms with Crippen LogP contribution in [0.3, 0.4) is 0 Å². The van der Waals surface area contributed by atoms with Crippen LogP contribution in [0.15, 0.2) is 85.1 Å². The number of aromatic nitrogens is 1. The topological polar surface area (TPSA) is 22.1 Å². The Kier molecular flexibility index (Phi) is 6.63. The molecule has 0 aliphatic rings. The van der Waals surface area contributed by atoms with Gasteiger partial charge in [0, 0.05) is 22.3 Å². The van der Waals surface area contributed by atoms with Gasteiger partial charge in [-0.25, -0.2) is 0 Å². The van der Waals surface area contributed by atoms with E-state index in [0.29, 0.717) is 6.61 Å². The third-order valence-electron chi connectivity index (χ3n) is 3.81. The van der Waals surface area contributed by atoms with Gasteiger partial charge in [-0.15, -0.1) is 0 Å². The van der Waals surface area contributed by atoms with Crippen molar-refractivity contribution in [1.29, 1.82) is 0 Å². The van der Waals surface area contributed by atoms with Crippen LogP contribution in [0.25, 0.3) is 12.2 Å². The fraction of sp³-hybridized carbons (Fsp3) is 0.0870.